The molecule has 0 amide bonds. The summed E-state index contributed by atoms with van der Waals surface area (Å²) in [6, 6.07) is 20.6. The molecule has 1 aliphatic rings. The highest BCUT2D eigenvalue weighted by Crippen LogP contribution is 2.28. The third kappa shape index (κ3) is 5.86. The minimum atomic E-state index is -3.80. The molecule has 3 aromatic carbocycles. The maximum Gasteiger partial charge on any atom is 0.264 e. The molecule has 1 aliphatic heterocycles. The molecule has 33 heavy (non-hydrogen) atoms. The molecule has 174 valence electrons. The predicted molar refractivity (Wildman–Crippen MR) is 130 cm³/mol. The second-order valence-electron chi connectivity index (χ2n) is 8.38. The Bertz CT molecular complexity index is 1140. The predicted octanol–water partition coefficient (Wildman–Crippen LogP) is 4.57. The van der Waals surface area contributed by atoms with Crippen LogP contribution in [0.15, 0.2) is 77.7 Å². The molecule has 0 radical (unpaired) electrons. The maximum absolute atomic E-state index is 13.6. The summed E-state index contributed by atoms with van der Waals surface area (Å²) in [6.07, 6.45) is 2.50. The molecular formula is C26H30N2O4S. The lowest BCUT2D eigenvalue weighted by Gasteiger charge is -2.25. The van der Waals surface area contributed by atoms with Crippen molar-refractivity contribution in [3.63, 3.8) is 0 Å². The number of aromatic hydroxyl groups is 1. The van der Waals surface area contributed by atoms with E-state index in [1.54, 1.807) is 60.7 Å². The fraction of sp³-hybridized carbons (Fsp3) is 0.308. The van der Waals surface area contributed by atoms with Gasteiger partial charge in [-0.1, -0.05) is 29.8 Å². The normalized spacial score (nSPS) is 14.3. The van der Waals surface area contributed by atoms with E-state index in [4.69, 9.17) is 4.74 Å². The van der Waals surface area contributed by atoms with Crippen LogP contribution in [0.3, 0.4) is 0 Å². The van der Waals surface area contributed by atoms with Gasteiger partial charge in [-0.2, -0.15) is 0 Å². The molecule has 6 nitrogen and oxygen atoms in total. The second-order valence-corrected chi connectivity index (χ2v) is 10.2. The molecule has 1 heterocycles. The fourth-order valence-electron chi connectivity index (χ4n) is 3.93. The van der Waals surface area contributed by atoms with Crippen LogP contribution in [0.25, 0.3) is 0 Å². The minimum absolute atomic E-state index is 0.141. The number of sulfonamides is 1. The highest BCUT2D eigenvalue weighted by atomic mass is 32.2. The molecule has 0 aliphatic carbocycles. The summed E-state index contributed by atoms with van der Waals surface area (Å²) in [5.74, 6) is 0.859. The second kappa shape index (κ2) is 10.3. The van der Waals surface area contributed by atoms with Gasteiger partial charge in [-0.15, -0.1) is 0 Å². The number of hydrogen-bond donors (Lipinski definition) is 1. The van der Waals surface area contributed by atoms with Crippen molar-refractivity contribution in [1.29, 1.82) is 0 Å². The number of hydrogen-bond acceptors (Lipinski definition) is 5. The van der Waals surface area contributed by atoms with Gasteiger partial charge >= 0.3 is 0 Å². The minimum Gasteiger partial charge on any atom is -0.508 e. The molecule has 0 aromatic heterocycles. The molecule has 0 unspecified atom stereocenters. The van der Waals surface area contributed by atoms with Crippen molar-refractivity contribution in [1.82, 2.24) is 4.90 Å². The third-order valence-corrected chi connectivity index (χ3v) is 7.66. The zero-order chi connectivity index (χ0) is 23.3. The Morgan fingerprint density at radius 2 is 1.55 bits per heavy atom. The summed E-state index contributed by atoms with van der Waals surface area (Å²) in [5, 5.41) is 9.59. The van der Waals surface area contributed by atoms with E-state index < -0.39 is 10.0 Å². The van der Waals surface area contributed by atoms with E-state index in [9.17, 15) is 13.5 Å². The van der Waals surface area contributed by atoms with Gasteiger partial charge in [0.25, 0.3) is 10.0 Å². The molecule has 4 rings (SSSR count). The first-order chi connectivity index (χ1) is 15.9. The Kier molecular flexibility index (Phi) is 7.20. The maximum atomic E-state index is 13.6. The van der Waals surface area contributed by atoms with E-state index in [0.29, 0.717) is 12.3 Å². The summed E-state index contributed by atoms with van der Waals surface area (Å²) in [6.45, 7) is 5.84. The van der Waals surface area contributed by atoms with Crippen molar-refractivity contribution >= 4 is 15.7 Å². The van der Waals surface area contributed by atoms with E-state index in [1.807, 2.05) is 19.1 Å². The first kappa shape index (κ1) is 23.1. The Morgan fingerprint density at radius 1 is 0.909 bits per heavy atom. The van der Waals surface area contributed by atoms with Gasteiger partial charge in [0.05, 0.1) is 17.1 Å². The lowest BCUT2D eigenvalue weighted by Crippen LogP contribution is -2.30. The van der Waals surface area contributed by atoms with Crippen molar-refractivity contribution in [2.75, 3.05) is 30.5 Å². The summed E-state index contributed by atoms with van der Waals surface area (Å²) in [5.41, 5.74) is 2.32. The molecular weight excluding hydrogens is 436 g/mol. The number of aryl methyl sites for hydroxylation is 1. The van der Waals surface area contributed by atoms with Crippen LogP contribution >= 0.6 is 0 Å². The van der Waals surface area contributed by atoms with Crippen molar-refractivity contribution < 1.29 is 18.3 Å². The van der Waals surface area contributed by atoms with E-state index in [0.717, 1.165) is 36.5 Å². The van der Waals surface area contributed by atoms with Gasteiger partial charge < -0.3 is 9.84 Å². The van der Waals surface area contributed by atoms with Gasteiger partial charge in [0.2, 0.25) is 0 Å². The van der Waals surface area contributed by atoms with Crippen LogP contribution in [0.4, 0.5) is 5.69 Å². The van der Waals surface area contributed by atoms with Gasteiger partial charge in [0.1, 0.15) is 18.1 Å². The van der Waals surface area contributed by atoms with Crippen LogP contribution in [-0.2, 0) is 16.6 Å². The first-order valence-electron chi connectivity index (χ1n) is 11.2. The highest BCUT2D eigenvalue weighted by molar-refractivity contribution is 7.92. The fourth-order valence-corrected chi connectivity index (χ4v) is 5.38. The molecule has 1 fully saturated rings. The van der Waals surface area contributed by atoms with E-state index >= 15 is 0 Å². The largest absolute Gasteiger partial charge is 0.508 e. The van der Waals surface area contributed by atoms with Gasteiger partial charge in [-0.25, -0.2) is 8.42 Å². The zero-order valence-corrected chi connectivity index (χ0v) is 19.7. The third-order valence-electron chi connectivity index (χ3n) is 5.87. The number of phenolic OH excluding ortho intramolecular Hbond substituents is 1. The van der Waals surface area contributed by atoms with E-state index in [1.165, 1.54) is 17.1 Å². The Balaban J connectivity index is 1.55. The molecule has 0 saturated carbocycles. The lowest BCUT2D eigenvalue weighted by atomic mass is 10.2. The van der Waals surface area contributed by atoms with Crippen LogP contribution in [0, 0.1) is 6.92 Å². The first-order valence-corrected chi connectivity index (χ1v) is 12.7. The van der Waals surface area contributed by atoms with Crippen molar-refractivity contribution in [2.24, 2.45) is 0 Å². The summed E-state index contributed by atoms with van der Waals surface area (Å²) in [4.78, 5) is 2.62. The molecule has 3 aromatic rings. The molecule has 7 heteroatoms. The molecule has 0 atom stereocenters. The quantitative estimate of drug-likeness (QED) is 0.500. The van der Waals surface area contributed by atoms with Gasteiger partial charge in [-0.05, 0) is 86.9 Å². The van der Waals surface area contributed by atoms with Crippen molar-refractivity contribution in [3.05, 3.63) is 83.9 Å². The molecule has 1 N–H and O–H groups in total. The van der Waals surface area contributed by atoms with E-state index in [2.05, 4.69) is 4.90 Å². The topological polar surface area (TPSA) is 70.1 Å². The smallest absolute Gasteiger partial charge is 0.264 e. The number of likely N-dealkylation sites (tertiary alicyclic amines) is 1. The average Bonchev–Trinajstić information content (AvgIpc) is 3.33. The number of benzene rings is 3. The molecule has 0 spiro atoms. The number of anilines is 1. The Hall–Kier alpha value is -3.03. The van der Waals surface area contributed by atoms with Crippen LogP contribution in [-0.4, -0.2) is 44.7 Å². The Morgan fingerprint density at radius 3 is 2.18 bits per heavy atom. The summed E-state index contributed by atoms with van der Waals surface area (Å²) >= 11 is 0. The lowest BCUT2D eigenvalue weighted by molar-refractivity contribution is 0.238. The summed E-state index contributed by atoms with van der Waals surface area (Å²) in [7, 11) is -3.80. The van der Waals surface area contributed by atoms with Crippen LogP contribution < -0.4 is 9.04 Å². The van der Waals surface area contributed by atoms with Gasteiger partial charge in [0, 0.05) is 6.54 Å². The van der Waals surface area contributed by atoms with E-state index in [-0.39, 0.29) is 17.2 Å². The van der Waals surface area contributed by atoms with Crippen LogP contribution in [0.1, 0.15) is 24.0 Å². The standard InChI is InChI=1S/C26H30N2O4S/c1-21-4-14-26(15-5-21)33(30,31)28(20-22-6-10-24(29)11-7-22)23-8-12-25(13-9-23)32-19-18-27-16-2-3-17-27/h4-15,29H,2-3,16-20H2,1H3. The molecule has 0 bridgehead atoms. The number of rotatable bonds is 9. The summed E-state index contributed by atoms with van der Waals surface area (Å²) < 4.78 is 34.4. The monoisotopic (exact) mass is 466 g/mol. The number of phenols is 1. The number of ether oxygens (including phenoxy) is 1. The van der Waals surface area contributed by atoms with Crippen LogP contribution in [0.5, 0.6) is 11.5 Å². The number of nitrogens with zero attached hydrogens (tertiary/aromatic N) is 2. The highest BCUT2D eigenvalue weighted by Gasteiger charge is 2.25. The SMILES string of the molecule is Cc1ccc(S(=O)(=O)N(Cc2ccc(O)cc2)c2ccc(OCCN3CCCC3)cc2)cc1. The van der Waals surface area contributed by atoms with Crippen molar-refractivity contribution in [2.45, 2.75) is 31.2 Å². The Labute approximate surface area is 196 Å². The average molecular weight is 467 g/mol. The van der Waals surface area contributed by atoms with Crippen molar-refractivity contribution in [3.8, 4) is 11.5 Å². The van der Waals surface area contributed by atoms with Gasteiger partial charge in [-0.3, -0.25) is 9.21 Å². The zero-order valence-electron chi connectivity index (χ0n) is 18.9. The van der Waals surface area contributed by atoms with Gasteiger partial charge in [0.15, 0.2) is 0 Å². The molecule has 1 saturated heterocycles. The van der Waals surface area contributed by atoms with Crippen LogP contribution in [0.2, 0.25) is 0 Å².